The van der Waals surface area contributed by atoms with E-state index in [0.717, 1.165) is 12.8 Å². The molecule has 1 unspecified atom stereocenters. The zero-order valence-electron chi connectivity index (χ0n) is 12.7. The second-order valence-electron chi connectivity index (χ2n) is 5.20. The summed E-state index contributed by atoms with van der Waals surface area (Å²) in [7, 11) is -1.62. The molecule has 1 fully saturated rings. The summed E-state index contributed by atoms with van der Waals surface area (Å²) in [5.74, 6) is -0.182. The van der Waals surface area contributed by atoms with Gasteiger partial charge in [-0.2, -0.15) is 4.31 Å². The average molecular weight is 348 g/mol. The van der Waals surface area contributed by atoms with E-state index in [9.17, 15) is 13.2 Å². The molecule has 1 heterocycles. The lowest BCUT2D eigenvalue weighted by molar-refractivity contribution is -0.114. The van der Waals surface area contributed by atoms with Crippen LogP contribution in [0, 0.1) is 0 Å². The Hall–Kier alpha value is -1.15. The Bertz CT molecular complexity index is 604. The summed E-state index contributed by atoms with van der Waals surface area (Å²) in [6.07, 6.45) is 1.85. The molecule has 22 heavy (non-hydrogen) atoms. The van der Waals surface area contributed by atoms with Gasteiger partial charge < -0.3 is 10.6 Å². The van der Waals surface area contributed by atoms with Crippen LogP contribution in [0.4, 0.5) is 5.69 Å². The predicted octanol–water partition coefficient (Wildman–Crippen LogP) is 1.44. The SMILES string of the molecule is CNC1CCCN(S(=O)(=O)c2ccc(NC(C)=O)cc2)C1.Cl. The van der Waals surface area contributed by atoms with Crippen LogP contribution in [0.15, 0.2) is 29.2 Å². The van der Waals surface area contributed by atoms with Crippen molar-refractivity contribution in [1.82, 2.24) is 9.62 Å². The lowest BCUT2D eigenvalue weighted by Gasteiger charge is -2.31. The second kappa shape index (κ2) is 7.92. The van der Waals surface area contributed by atoms with Crippen LogP contribution < -0.4 is 10.6 Å². The quantitative estimate of drug-likeness (QED) is 0.863. The molecule has 1 saturated heterocycles. The number of likely N-dealkylation sites (N-methyl/N-ethyl adjacent to an activating group) is 1. The summed E-state index contributed by atoms with van der Waals surface area (Å²) in [6, 6.07) is 6.47. The molecule has 6 nitrogen and oxygen atoms in total. The molecule has 1 atom stereocenters. The molecule has 0 aliphatic carbocycles. The summed E-state index contributed by atoms with van der Waals surface area (Å²) in [5.41, 5.74) is 0.591. The molecule has 0 radical (unpaired) electrons. The third-order valence-corrected chi connectivity index (χ3v) is 5.48. The van der Waals surface area contributed by atoms with Gasteiger partial charge in [-0.3, -0.25) is 4.79 Å². The van der Waals surface area contributed by atoms with Crippen LogP contribution in [0.2, 0.25) is 0 Å². The molecule has 0 aromatic heterocycles. The maximum absolute atomic E-state index is 12.6. The Morgan fingerprint density at radius 1 is 1.27 bits per heavy atom. The van der Waals surface area contributed by atoms with E-state index in [4.69, 9.17) is 0 Å². The fourth-order valence-electron chi connectivity index (χ4n) is 2.46. The number of hydrogen-bond donors (Lipinski definition) is 2. The summed E-state index contributed by atoms with van der Waals surface area (Å²) in [6.45, 7) is 2.45. The van der Waals surface area contributed by atoms with E-state index < -0.39 is 10.0 Å². The summed E-state index contributed by atoms with van der Waals surface area (Å²) < 4.78 is 26.7. The van der Waals surface area contributed by atoms with Gasteiger partial charge in [-0.25, -0.2) is 8.42 Å². The summed E-state index contributed by atoms with van der Waals surface area (Å²) >= 11 is 0. The van der Waals surface area contributed by atoms with Gasteiger partial charge in [-0.05, 0) is 44.2 Å². The second-order valence-corrected chi connectivity index (χ2v) is 7.13. The van der Waals surface area contributed by atoms with Gasteiger partial charge in [0.25, 0.3) is 0 Å². The minimum absolute atomic E-state index is 0. The average Bonchev–Trinajstić information content (AvgIpc) is 2.47. The van der Waals surface area contributed by atoms with Crippen molar-refractivity contribution in [2.24, 2.45) is 0 Å². The predicted molar refractivity (Wildman–Crippen MR) is 88.8 cm³/mol. The van der Waals surface area contributed by atoms with Crippen LogP contribution in [0.25, 0.3) is 0 Å². The van der Waals surface area contributed by atoms with Gasteiger partial charge >= 0.3 is 0 Å². The van der Waals surface area contributed by atoms with Gasteiger partial charge in [0.05, 0.1) is 4.90 Å². The number of sulfonamides is 1. The lowest BCUT2D eigenvalue weighted by Crippen LogP contribution is -2.46. The van der Waals surface area contributed by atoms with Gasteiger partial charge in [-0.1, -0.05) is 0 Å². The van der Waals surface area contributed by atoms with E-state index in [1.165, 1.54) is 23.4 Å². The Balaban J connectivity index is 0.00000242. The maximum Gasteiger partial charge on any atom is 0.243 e. The Kier molecular flexibility index (Phi) is 6.80. The fourth-order valence-corrected chi connectivity index (χ4v) is 3.98. The van der Waals surface area contributed by atoms with Gasteiger partial charge in [0, 0.05) is 31.7 Å². The van der Waals surface area contributed by atoms with E-state index >= 15 is 0 Å². The highest BCUT2D eigenvalue weighted by Crippen LogP contribution is 2.22. The first-order valence-corrected chi connectivity index (χ1v) is 8.42. The molecule has 0 bridgehead atoms. The molecule has 1 amide bonds. The van der Waals surface area contributed by atoms with Crippen molar-refractivity contribution in [3.63, 3.8) is 0 Å². The van der Waals surface area contributed by atoms with E-state index in [2.05, 4.69) is 10.6 Å². The number of amides is 1. The number of anilines is 1. The molecule has 1 aromatic carbocycles. The van der Waals surface area contributed by atoms with Crippen molar-refractivity contribution < 1.29 is 13.2 Å². The van der Waals surface area contributed by atoms with E-state index in [1.807, 2.05) is 7.05 Å². The number of nitrogens with one attached hydrogen (secondary N) is 2. The molecule has 8 heteroatoms. The number of halogens is 1. The summed E-state index contributed by atoms with van der Waals surface area (Å²) in [5, 5.41) is 5.76. The first-order chi connectivity index (χ1) is 9.93. The van der Waals surface area contributed by atoms with Gasteiger partial charge in [0.15, 0.2) is 0 Å². The van der Waals surface area contributed by atoms with Crippen LogP contribution in [-0.2, 0) is 14.8 Å². The Labute approximate surface area is 137 Å². The van der Waals surface area contributed by atoms with Crippen molar-refractivity contribution in [3.8, 4) is 0 Å². The first-order valence-electron chi connectivity index (χ1n) is 6.98. The minimum Gasteiger partial charge on any atom is -0.326 e. The van der Waals surface area contributed by atoms with Crippen molar-refractivity contribution >= 4 is 34.0 Å². The first kappa shape index (κ1) is 18.9. The highest BCUT2D eigenvalue weighted by molar-refractivity contribution is 7.89. The van der Waals surface area contributed by atoms with Crippen LogP contribution >= 0.6 is 12.4 Å². The van der Waals surface area contributed by atoms with Crippen LogP contribution in [-0.4, -0.2) is 44.8 Å². The van der Waals surface area contributed by atoms with Crippen LogP contribution in [0.1, 0.15) is 19.8 Å². The fraction of sp³-hybridized carbons (Fsp3) is 0.500. The molecule has 124 valence electrons. The smallest absolute Gasteiger partial charge is 0.243 e. The molecule has 0 saturated carbocycles. The van der Waals surface area contributed by atoms with Crippen molar-refractivity contribution in [2.75, 3.05) is 25.5 Å². The standard InChI is InChI=1S/C14H21N3O3S.ClH/c1-11(18)16-12-5-7-14(8-6-12)21(19,20)17-9-3-4-13(10-17)15-2;/h5-8,13,15H,3-4,9-10H2,1-2H3,(H,16,18);1H. The van der Waals surface area contributed by atoms with Crippen molar-refractivity contribution in [2.45, 2.75) is 30.7 Å². The zero-order chi connectivity index (χ0) is 15.5. The third kappa shape index (κ3) is 4.42. The number of hydrogen-bond acceptors (Lipinski definition) is 4. The topological polar surface area (TPSA) is 78.5 Å². The highest BCUT2D eigenvalue weighted by atomic mass is 35.5. The Morgan fingerprint density at radius 3 is 2.45 bits per heavy atom. The number of benzene rings is 1. The highest BCUT2D eigenvalue weighted by Gasteiger charge is 2.29. The normalized spacial score (nSPS) is 19.3. The number of piperidine rings is 1. The molecule has 2 N–H and O–H groups in total. The molecular formula is C14H22ClN3O3S. The maximum atomic E-state index is 12.6. The van der Waals surface area contributed by atoms with Gasteiger partial charge in [0.2, 0.25) is 15.9 Å². The minimum atomic E-state index is -3.47. The zero-order valence-corrected chi connectivity index (χ0v) is 14.3. The third-order valence-electron chi connectivity index (χ3n) is 3.60. The summed E-state index contributed by atoms with van der Waals surface area (Å²) in [4.78, 5) is 11.2. The van der Waals surface area contributed by atoms with E-state index in [0.29, 0.717) is 18.8 Å². The number of nitrogens with zero attached hydrogens (tertiary/aromatic N) is 1. The van der Waals surface area contributed by atoms with Crippen molar-refractivity contribution in [3.05, 3.63) is 24.3 Å². The molecule has 2 rings (SSSR count). The number of rotatable bonds is 4. The number of carbonyl (C=O) groups excluding carboxylic acids is 1. The molecule has 1 aromatic rings. The lowest BCUT2D eigenvalue weighted by atomic mass is 10.1. The molecular weight excluding hydrogens is 326 g/mol. The monoisotopic (exact) mass is 347 g/mol. The molecule has 1 aliphatic heterocycles. The Morgan fingerprint density at radius 2 is 1.91 bits per heavy atom. The van der Waals surface area contributed by atoms with Crippen LogP contribution in [0.5, 0.6) is 0 Å². The van der Waals surface area contributed by atoms with E-state index in [-0.39, 0.29) is 29.3 Å². The van der Waals surface area contributed by atoms with Crippen LogP contribution in [0.3, 0.4) is 0 Å². The largest absolute Gasteiger partial charge is 0.326 e. The number of carbonyl (C=O) groups is 1. The van der Waals surface area contributed by atoms with E-state index in [1.54, 1.807) is 12.1 Å². The molecule has 1 aliphatic rings. The molecule has 0 spiro atoms. The van der Waals surface area contributed by atoms with Gasteiger partial charge in [0.1, 0.15) is 0 Å². The van der Waals surface area contributed by atoms with Crippen molar-refractivity contribution in [1.29, 1.82) is 0 Å². The van der Waals surface area contributed by atoms with Gasteiger partial charge in [-0.15, -0.1) is 12.4 Å².